The van der Waals surface area contributed by atoms with Crippen LogP contribution in [0.4, 0.5) is 4.79 Å². The zero-order chi connectivity index (χ0) is 14.5. The molecule has 2 rings (SSSR count). The lowest BCUT2D eigenvalue weighted by Gasteiger charge is -2.16. The summed E-state index contributed by atoms with van der Waals surface area (Å²) in [5.41, 5.74) is 0.969. The summed E-state index contributed by atoms with van der Waals surface area (Å²) >= 11 is 1.92. The van der Waals surface area contributed by atoms with Gasteiger partial charge in [-0.05, 0) is 19.8 Å². The van der Waals surface area contributed by atoms with E-state index in [0.717, 1.165) is 30.6 Å². The number of carbonyl (C=O) groups excluding carboxylic acids is 2. The topological polar surface area (TPSA) is 70.2 Å². The van der Waals surface area contributed by atoms with Crippen molar-refractivity contribution in [2.24, 2.45) is 0 Å². The Hall–Kier alpha value is -1.17. The molecule has 5 nitrogen and oxygen atoms in total. The van der Waals surface area contributed by atoms with Crippen molar-refractivity contribution < 1.29 is 9.59 Å². The molecule has 20 heavy (non-hydrogen) atoms. The summed E-state index contributed by atoms with van der Waals surface area (Å²) in [5.74, 6) is 1.09. The Morgan fingerprint density at radius 2 is 2.25 bits per heavy atom. The van der Waals surface area contributed by atoms with Crippen LogP contribution in [-0.4, -0.2) is 41.6 Å². The van der Waals surface area contributed by atoms with Gasteiger partial charge in [-0.2, -0.15) is 11.8 Å². The lowest BCUT2D eigenvalue weighted by molar-refractivity contribution is -0.121. The molecule has 0 spiro atoms. The fourth-order valence-corrected chi connectivity index (χ4v) is 4.16. The highest BCUT2D eigenvalue weighted by Gasteiger charge is 2.42. The third kappa shape index (κ3) is 4.16. The van der Waals surface area contributed by atoms with E-state index in [1.54, 1.807) is 0 Å². The minimum absolute atomic E-state index is 0.0375. The molecule has 6 heteroatoms. The summed E-state index contributed by atoms with van der Waals surface area (Å²) in [6.45, 7) is 6.22. The van der Waals surface area contributed by atoms with Gasteiger partial charge in [0.05, 0.1) is 12.1 Å². The number of thioether (sulfide) groups is 1. The van der Waals surface area contributed by atoms with Crippen molar-refractivity contribution in [3.05, 3.63) is 12.2 Å². The molecule has 0 aromatic carbocycles. The third-order valence-electron chi connectivity index (χ3n) is 3.67. The second kappa shape index (κ2) is 7.02. The Labute approximate surface area is 124 Å². The van der Waals surface area contributed by atoms with E-state index in [0.29, 0.717) is 18.2 Å². The van der Waals surface area contributed by atoms with Crippen LogP contribution >= 0.6 is 11.8 Å². The van der Waals surface area contributed by atoms with Gasteiger partial charge in [-0.3, -0.25) is 4.79 Å². The van der Waals surface area contributed by atoms with E-state index in [2.05, 4.69) is 22.5 Å². The molecule has 0 aromatic heterocycles. The minimum atomic E-state index is -0.0375. The molecule has 2 aliphatic rings. The second-order valence-corrected chi connectivity index (χ2v) is 6.87. The SMILES string of the molecule is C=C(C)CNC(=O)CCCC[C@@H]1SC[C@@H]2NC(=O)N[C@@H]21. The number of fused-ring (bicyclic) bond motifs is 1. The lowest BCUT2D eigenvalue weighted by Crippen LogP contribution is -2.36. The minimum Gasteiger partial charge on any atom is -0.352 e. The summed E-state index contributed by atoms with van der Waals surface area (Å²) < 4.78 is 0. The van der Waals surface area contributed by atoms with Crippen LogP contribution in [0.15, 0.2) is 12.2 Å². The summed E-state index contributed by atoms with van der Waals surface area (Å²) in [5, 5.41) is 9.25. The molecule has 0 radical (unpaired) electrons. The molecule has 0 aliphatic carbocycles. The van der Waals surface area contributed by atoms with Crippen LogP contribution in [0.25, 0.3) is 0 Å². The van der Waals surface area contributed by atoms with E-state index < -0.39 is 0 Å². The van der Waals surface area contributed by atoms with Crippen molar-refractivity contribution >= 4 is 23.7 Å². The van der Waals surface area contributed by atoms with E-state index >= 15 is 0 Å². The maximum absolute atomic E-state index is 11.5. The molecule has 3 amide bonds. The molecule has 0 unspecified atom stereocenters. The predicted molar refractivity (Wildman–Crippen MR) is 81.8 cm³/mol. The first kappa shape index (κ1) is 15.2. The van der Waals surface area contributed by atoms with Crippen molar-refractivity contribution in [3.63, 3.8) is 0 Å². The van der Waals surface area contributed by atoms with Gasteiger partial charge in [0.1, 0.15) is 0 Å². The number of unbranched alkanes of at least 4 members (excludes halogenated alkanes) is 1. The van der Waals surface area contributed by atoms with Gasteiger partial charge in [0, 0.05) is 24.0 Å². The first-order valence-electron chi connectivity index (χ1n) is 7.16. The van der Waals surface area contributed by atoms with Gasteiger partial charge in [-0.25, -0.2) is 4.79 Å². The van der Waals surface area contributed by atoms with E-state index in [1.807, 2.05) is 18.7 Å². The van der Waals surface area contributed by atoms with Crippen molar-refractivity contribution in [1.82, 2.24) is 16.0 Å². The van der Waals surface area contributed by atoms with E-state index in [4.69, 9.17) is 0 Å². The van der Waals surface area contributed by atoms with Gasteiger partial charge in [-0.1, -0.05) is 18.6 Å². The van der Waals surface area contributed by atoms with Gasteiger partial charge in [-0.15, -0.1) is 0 Å². The van der Waals surface area contributed by atoms with Gasteiger partial charge in [0.25, 0.3) is 0 Å². The van der Waals surface area contributed by atoms with Gasteiger partial charge >= 0.3 is 6.03 Å². The monoisotopic (exact) mass is 297 g/mol. The Kier molecular flexibility index (Phi) is 5.34. The smallest absolute Gasteiger partial charge is 0.315 e. The predicted octanol–water partition coefficient (Wildman–Crippen LogP) is 1.40. The summed E-state index contributed by atoms with van der Waals surface area (Å²) in [6.07, 6.45) is 3.56. The highest BCUT2D eigenvalue weighted by molar-refractivity contribution is 8.00. The number of urea groups is 1. The van der Waals surface area contributed by atoms with Crippen molar-refractivity contribution in [1.29, 1.82) is 0 Å². The molecule has 0 saturated carbocycles. The maximum Gasteiger partial charge on any atom is 0.315 e. The van der Waals surface area contributed by atoms with E-state index in [9.17, 15) is 9.59 Å². The molecule has 2 saturated heterocycles. The zero-order valence-electron chi connectivity index (χ0n) is 11.9. The van der Waals surface area contributed by atoms with Crippen molar-refractivity contribution in [2.75, 3.05) is 12.3 Å². The average molecular weight is 297 g/mol. The highest BCUT2D eigenvalue weighted by Crippen LogP contribution is 2.33. The largest absolute Gasteiger partial charge is 0.352 e. The molecule has 2 fully saturated rings. The molecule has 2 aliphatic heterocycles. The van der Waals surface area contributed by atoms with Crippen LogP contribution < -0.4 is 16.0 Å². The lowest BCUT2D eigenvalue weighted by atomic mass is 10.0. The molecular weight excluding hydrogens is 274 g/mol. The van der Waals surface area contributed by atoms with Crippen LogP contribution in [0.1, 0.15) is 32.6 Å². The molecule has 3 atom stereocenters. The summed E-state index contributed by atoms with van der Waals surface area (Å²) in [6, 6.07) is 0.519. The second-order valence-electron chi connectivity index (χ2n) is 5.60. The third-order valence-corrected chi connectivity index (χ3v) is 5.18. The first-order chi connectivity index (χ1) is 9.56. The number of hydrogen-bond donors (Lipinski definition) is 3. The van der Waals surface area contributed by atoms with Crippen molar-refractivity contribution in [3.8, 4) is 0 Å². The number of amides is 3. The molecule has 3 N–H and O–H groups in total. The Morgan fingerprint density at radius 3 is 3.00 bits per heavy atom. The van der Waals surface area contributed by atoms with Crippen LogP contribution in [0.5, 0.6) is 0 Å². The fraction of sp³-hybridized carbons (Fsp3) is 0.714. The van der Waals surface area contributed by atoms with Crippen LogP contribution in [-0.2, 0) is 4.79 Å². The molecular formula is C14H23N3O2S. The Balaban J connectivity index is 1.58. The number of carbonyl (C=O) groups is 2. The molecule has 0 aromatic rings. The Bertz CT molecular complexity index is 400. The van der Waals surface area contributed by atoms with Crippen LogP contribution in [0, 0.1) is 0 Å². The standard InChI is InChI=1S/C14H23N3O2S/c1-9(2)7-15-12(18)6-4-3-5-11-13-10(8-20-11)16-14(19)17-13/h10-11,13H,1,3-8H2,2H3,(H,15,18)(H2,16,17,19)/t10-,11-,13-/m0/s1. The normalized spacial score (nSPS) is 27.6. The zero-order valence-corrected chi connectivity index (χ0v) is 12.7. The quantitative estimate of drug-likeness (QED) is 0.378. The van der Waals surface area contributed by atoms with E-state index in [1.165, 1.54) is 0 Å². The summed E-state index contributed by atoms with van der Waals surface area (Å²) in [4.78, 5) is 22.8. The average Bonchev–Trinajstić information content (AvgIpc) is 2.92. The fourth-order valence-electron chi connectivity index (χ4n) is 2.61. The summed E-state index contributed by atoms with van der Waals surface area (Å²) in [7, 11) is 0. The highest BCUT2D eigenvalue weighted by atomic mass is 32.2. The van der Waals surface area contributed by atoms with Crippen LogP contribution in [0.2, 0.25) is 0 Å². The van der Waals surface area contributed by atoms with E-state index in [-0.39, 0.29) is 24.0 Å². The van der Waals surface area contributed by atoms with Gasteiger partial charge < -0.3 is 16.0 Å². The number of rotatable bonds is 7. The molecule has 0 bridgehead atoms. The Morgan fingerprint density at radius 1 is 1.45 bits per heavy atom. The number of nitrogens with one attached hydrogen (secondary N) is 3. The number of hydrogen-bond acceptors (Lipinski definition) is 3. The van der Waals surface area contributed by atoms with Crippen molar-refractivity contribution in [2.45, 2.75) is 49.9 Å². The van der Waals surface area contributed by atoms with Gasteiger partial charge in [0.15, 0.2) is 0 Å². The maximum atomic E-state index is 11.5. The first-order valence-corrected chi connectivity index (χ1v) is 8.21. The molecule has 112 valence electrons. The molecule has 2 heterocycles. The van der Waals surface area contributed by atoms with Gasteiger partial charge in [0.2, 0.25) is 5.91 Å². The van der Waals surface area contributed by atoms with Crippen LogP contribution in [0.3, 0.4) is 0 Å².